The molecule has 0 aliphatic carbocycles. The van der Waals surface area contributed by atoms with Gasteiger partial charge in [-0.2, -0.15) is 0 Å². The van der Waals surface area contributed by atoms with Gasteiger partial charge in [0.25, 0.3) is 0 Å². The van der Waals surface area contributed by atoms with Crippen LogP contribution in [-0.2, 0) is 18.6 Å². The second kappa shape index (κ2) is 5.78. The molecule has 0 atom stereocenters. The van der Waals surface area contributed by atoms with E-state index in [4.69, 9.17) is 9.05 Å². The molecule has 0 radical (unpaired) electrons. The third-order valence-corrected chi connectivity index (χ3v) is 5.67. The molecule has 0 aliphatic rings. The van der Waals surface area contributed by atoms with Gasteiger partial charge in [0.1, 0.15) is 0 Å². The standard InChI is InChI=1S/C12H17O4P/c1-4-17(15-10(2)13,16-11(3)14)12-8-6-5-7-9-12/h5-9,17H,4H2,1-3H3. The average molecular weight is 256 g/mol. The van der Waals surface area contributed by atoms with E-state index < -0.39 is 19.7 Å². The summed E-state index contributed by atoms with van der Waals surface area (Å²) in [7, 11) is -2.97. The van der Waals surface area contributed by atoms with Gasteiger partial charge in [0.05, 0.1) is 0 Å². The zero-order valence-electron chi connectivity index (χ0n) is 10.2. The Bertz CT molecular complexity index is 386. The van der Waals surface area contributed by atoms with Crippen LogP contribution in [0.4, 0.5) is 0 Å². The normalized spacial score (nSPS) is 11.7. The van der Waals surface area contributed by atoms with Crippen LogP contribution in [0.25, 0.3) is 0 Å². The van der Waals surface area contributed by atoms with Crippen molar-refractivity contribution in [2.24, 2.45) is 0 Å². The maximum absolute atomic E-state index is 11.2. The van der Waals surface area contributed by atoms with E-state index in [2.05, 4.69) is 0 Å². The molecule has 0 saturated heterocycles. The Balaban J connectivity index is 3.15. The van der Waals surface area contributed by atoms with Crippen LogP contribution in [0.3, 0.4) is 0 Å². The fourth-order valence-electron chi connectivity index (χ4n) is 1.64. The van der Waals surface area contributed by atoms with Crippen molar-refractivity contribution in [1.82, 2.24) is 0 Å². The van der Waals surface area contributed by atoms with E-state index in [1.807, 2.05) is 37.3 Å². The van der Waals surface area contributed by atoms with Gasteiger partial charge in [0, 0.05) is 0 Å². The van der Waals surface area contributed by atoms with Crippen LogP contribution in [0.5, 0.6) is 0 Å². The van der Waals surface area contributed by atoms with Crippen molar-refractivity contribution in [1.29, 1.82) is 0 Å². The molecule has 0 heterocycles. The molecule has 1 aromatic carbocycles. The van der Waals surface area contributed by atoms with E-state index in [1.165, 1.54) is 13.8 Å². The molecule has 17 heavy (non-hydrogen) atoms. The van der Waals surface area contributed by atoms with Crippen molar-refractivity contribution in [3.05, 3.63) is 30.3 Å². The number of rotatable bonds is 4. The molecule has 5 heteroatoms. The van der Waals surface area contributed by atoms with Crippen LogP contribution in [0.2, 0.25) is 0 Å². The maximum atomic E-state index is 11.2. The summed E-state index contributed by atoms with van der Waals surface area (Å²) in [6, 6.07) is 9.17. The SMILES string of the molecule is CC[PH](OC(C)=O)(OC(C)=O)c1ccccc1. The van der Waals surface area contributed by atoms with Gasteiger partial charge in [-0.3, -0.25) is 0 Å². The van der Waals surface area contributed by atoms with Crippen LogP contribution >= 0.6 is 7.72 Å². The van der Waals surface area contributed by atoms with Crippen molar-refractivity contribution in [3.63, 3.8) is 0 Å². The molecule has 0 fully saturated rings. The Morgan fingerprint density at radius 2 is 1.53 bits per heavy atom. The van der Waals surface area contributed by atoms with Crippen LogP contribution < -0.4 is 5.30 Å². The predicted octanol–water partition coefficient (Wildman–Crippen LogP) is 2.04. The molecule has 0 unspecified atom stereocenters. The van der Waals surface area contributed by atoms with Gasteiger partial charge in [-0.15, -0.1) is 0 Å². The summed E-state index contributed by atoms with van der Waals surface area (Å²) in [6.07, 6.45) is 0.496. The fraction of sp³-hybridized carbons (Fsp3) is 0.333. The first-order valence-electron chi connectivity index (χ1n) is 5.45. The van der Waals surface area contributed by atoms with Crippen LogP contribution in [-0.4, -0.2) is 18.1 Å². The molecule has 0 saturated carbocycles. The monoisotopic (exact) mass is 256 g/mol. The molecule has 94 valence electrons. The van der Waals surface area contributed by atoms with Gasteiger partial charge in [0.15, 0.2) is 0 Å². The summed E-state index contributed by atoms with van der Waals surface area (Å²) >= 11 is 0. The summed E-state index contributed by atoms with van der Waals surface area (Å²) in [5, 5.41) is 0.785. The molecule has 4 nitrogen and oxygen atoms in total. The molecule has 1 aromatic rings. The van der Waals surface area contributed by atoms with E-state index >= 15 is 0 Å². The summed E-state index contributed by atoms with van der Waals surface area (Å²) in [4.78, 5) is 22.4. The first-order valence-corrected chi connectivity index (χ1v) is 7.47. The minimum atomic E-state index is -2.97. The van der Waals surface area contributed by atoms with E-state index in [9.17, 15) is 9.59 Å². The van der Waals surface area contributed by atoms with E-state index in [-0.39, 0.29) is 0 Å². The summed E-state index contributed by atoms with van der Waals surface area (Å²) in [5.74, 6) is -0.854. The van der Waals surface area contributed by atoms with Crippen molar-refractivity contribution < 1.29 is 18.6 Å². The quantitative estimate of drug-likeness (QED) is 0.773. The Labute approximate surface area is 101 Å². The molecule has 0 amide bonds. The van der Waals surface area contributed by atoms with Gasteiger partial charge in [-0.25, -0.2) is 0 Å². The summed E-state index contributed by atoms with van der Waals surface area (Å²) < 4.78 is 10.7. The van der Waals surface area contributed by atoms with Crippen LogP contribution in [0.1, 0.15) is 20.8 Å². The number of hydrogen-bond donors (Lipinski definition) is 0. The fourth-order valence-corrected chi connectivity index (χ4v) is 4.25. The average Bonchev–Trinajstić information content (AvgIpc) is 2.28. The number of carbonyl (C=O) groups is 2. The van der Waals surface area contributed by atoms with Crippen LogP contribution in [0, 0.1) is 0 Å². The molecule has 0 aliphatic heterocycles. The molecular weight excluding hydrogens is 239 g/mol. The van der Waals surface area contributed by atoms with E-state index in [0.29, 0.717) is 6.16 Å². The third kappa shape index (κ3) is 3.53. The third-order valence-electron chi connectivity index (χ3n) is 2.30. The van der Waals surface area contributed by atoms with Crippen molar-refractivity contribution in [3.8, 4) is 0 Å². The topological polar surface area (TPSA) is 52.6 Å². The Morgan fingerprint density at radius 3 is 1.88 bits per heavy atom. The van der Waals surface area contributed by atoms with Gasteiger partial charge in [-0.1, -0.05) is 0 Å². The molecule has 0 N–H and O–H groups in total. The van der Waals surface area contributed by atoms with Crippen molar-refractivity contribution in [2.75, 3.05) is 6.16 Å². The Hall–Kier alpha value is -1.41. The van der Waals surface area contributed by atoms with Gasteiger partial charge >= 0.3 is 101 Å². The molecule has 0 spiro atoms. The van der Waals surface area contributed by atoms with E-state index in [1.54, 1.807) is 0 Å². The second-order valence-electron chi connectivity index (χ2n) is 3.66. The summed E-state index contributed by atoms with van der Waals surface area (Å²) in [5.41, 5.74) is 0. The van der Waals surface area contributed by atoms with Gasteiger partial charge < -0.3 is 0 Å². The molecular formula is C12H17O4P. The number of carbonyl (C=O) groups excluding carboxylic acids is 2. The number of hydrogen-bond acceptors (Lipinski definition) is 4. The summed E-state index contributed by atoms with van der Waals surface area (Å²) in [6.45, 7) is 4.50. The first kappa shape index (κ1) is 13.7. The molecule has 1 rings (SSSR count). The zero-order valence-corrected chi connectivity index (χ0v) is 11.2. The van der Waals surface area contributed by atoms with Gasteiger partial charge in [0.2, 0.25) is 0 Å². The second-order valence-corrected chi connectivity index (χ2v) is 6.86. The Morgan fingerprint density at radius 1 is 1.06 bits per heavy atom. The van der Waals surface area contributed by atoms with E-state index in [0.717, 1.165) is 5.30 Å². The predicted molar refractivity (Wildman–Crippen MR) is 68.5 cm³/mol. The number of benzene rings is 1. The minimum absolute atomic E-state index is 0.427. The van der Waals surface area contributed by atoms with Crippen LogP contribution in [0.15, 0.2) is 30.3 Å². The van der Waals surface area contributed by atoms with Gasteiger partial charge in [-0.05, 0) is 0 Å². The first-order chi connectivity index (χ1) is 8.00. The van der Waals surface area contributed by atoms with Crippen molar-refractivity contribution >= 4 is 25.0 Å². The Kier molecular flexibility index (Phi) is 4.64. The molecule has 0 aromatic heterocycles. The molecule has 0 bridgehead atoms. The van der Waals surface area contributed by atoms with Crippen molar-refractivity contribution in [2.45, 2.75) is 20.8 Å². The zero-order chi connectivity index (χ0) is 12.9.